The maximum absolute atomic E-state index is 12.4. The molecule has 1 amide bonds. The van der Waals surface area contributed by atoms with E-state index in [1.54, 1.807) is 11.0 Å². The van der Waals surface area contributed by atoms with Crippen LogP contribution in [0.25, 0.3) is 0 Å². The highest BCUT2D eigenvalue weighted by atomic mass is 16.5. The summed E-state index contributed by atoms with van der Waals surface area (Å²) in [5, 5.41) is 0. The molecule has 2 rings (SSSR count). The van der Waals surface area contributed by atoms with Crippen LogP contribution in [0.5, 0.6) is 0 Å². The van der Waals surface area contributed by atoms with Crippen molar-refractivity contribution in [1.29, 1.82) is 0 Å². The lowest BCUT2D eigenvalue weighted by atomic mass is 10.2. The zero-order valence-electron chi connectivity index (χ0n) is 13.1. The molecule has 0 atom stereocenters. The highest BCUT2D eigenvalue weighted by Crippen LogP contribution is 2.13. The Kier molecular flexibility index (Phi) is 5.50. The molecule has 0 N–H and O–H groups in total. The molecule has 1 fully saturated rings. The number of amides is 1. The number of unbranched alkanes of at least 4 members (excludes halogenated alkanes) is 1. The summed E-state index contributed by atoms with van der Waals surface area (Å²) in [7, 11) is 1.82. The van der Waals surface area contributed by atoms with Crippen molar-refractivity contribution >= 4 is 11.9 Å². The Balaban J connectivity index is 2.15. The largest absolute Gasteiger partial charge is 0.378 e. The first-order valence-corrected chi connectivity index (χ1v) is 7.55. The molecule has 1 aromatic heterocycles. The Labute approximate surface area is 126 Å². The quantitative estimate of drug-likeness (QED) is 0.823. The maximum atomic E-state index is 12.4. The van der Waals surface area contributed by atoms with E-state index in [0.29, 0.717) is 24.9 Å². The third kappa shape index (κ3) is 4.14. The fourth-order valence-electron chi connectivity index (χ4n) is 2.26. The SMILES string of the molecule is CCCCN(C)C(=O)c1cc(C)nc(N2CCOCC2)n1. The Morgan fingerprint density at radius 2 is 2.10 bits per heavy atom. The van der Waals surface area contributed by atoms with Crippen molar-refractivity contribution < 1.29 is 9.53 Å². The molecule has 1 aromatic rings. The van der Waals surface area contributed by atoms with E-state index in [0.717, 1.165) is 38.2 Å². The molecule has 0 bridgehead atoms. The molecular weight excluding hydrogens is 268 g/mol. The smallest absolute Gasteiger partial charge is 0.272 e. The molecule has 0 saturated carbocycles. The monoisotopic (exact) mass is 292 g/mol. The molecule has 21 heavy (non-hydrogen) atoms. The lowest BCUT2D eigenvalue weighted by molar-refractivity contribution is 0.0787. The fourth-order valence-corrected chi connectivity index (χ4v) is 2.26. The summed E-state index contributed by atoms with van der Waals surface area (Å²) in [5.41, 5.74) is 1.29. The van der Waals surface area contributed by atoms with Gasteiger partial charge in [-0.2, -0.15) is 0 Å². The van der Waals surface area contributed by atoms with Crippen molar-refractivity contribution in [3.63, 3.8) is 0 Å². The van der Waals surface area contributed by atoms with Crippen molar-refractivity contribution in [1.82, 2.24) is 14.9 Å². The zero-order valence-corrected chi connectivity index (χ0v) is 13.1. The van der Waals surface area contributed by atoms with Crippen LogP contribution < -0.4 is 4.90 Å². The highest BCUT2D eigenvalue weighted by molar-refractivity contribution is 5.92. The lowest BCUT2D eigenvalue weighted by Crippen LogP contribution is -2.38. The molecule has 0 unspecified atom stereocenters. The standard InChI is InChI=1S/C15H24N4O2/c1-4-5-6-18(3)14(20)13-11-12(2)16-15(17-13)19-7-9-21-10-8-19/h11H,4-10H2,1-3H3. The number of nitrogens with zero attached hydrogens (tertiary/aromatic N) is 4. The van der Waals surface area contributed by atoms with E-state index >= 15 is 0 Å². The summed E-state index contributed by atoms with van der Waals surface area (Å²) in [6.45, 7) is 7.66. The number of rotatable bonds is 5. The van der Waals surface area contributed by atoms with Crippen molar-refractivity contribution in [3.8, 4) is 0 Å². The van der Waals surface area contributed by atoms with Gasteiger partial charge in [0.1, 0.15) is 5.69 Å². The number of aryl methyl sites for hydroxylation is 1. The topological polar surface area (TPSA) is 58.6 Å². The number of carbonyl (C=O) groups is 1. The van der Waals surface area contributed by atoms with Crippen molar-refractivity contribution in [2.24, 2.45) is 0 Å². The number of carbonyl (C=O) groups excluding carboxylic acids is 1. The molecule has 0 spiro atoms. The molecular formula is C15H24N4O2. The van der Waals surface area contributed by atoms with Gasteiger partial charge in [-0.25, -0.2) is 9.97 Å². The Hall–Kier alpha value is -1.69. The van der Waals surface area contributed by atoms with E-state index in [-0.39, 0.29) is 5.91 Å². The molecule has 1 saturated heterocycles. The van der Waals surface area contributed by atoms with E-state index < -0.39 is 0 Å². The van der Waals surface area contributed by atoms with Crippen LogP contribution in [-0.4, -0.2) is 60.7 Å². The second-order valence-corrected chi connectivity index (χ2v) is 5.37. The number of aromatic nitrogens is 2. The first-order chi connectivity index (χ1) is 10.1. The summed E-state index contributed by atoms with van der Waals surface area (Å²) in [6, 6.07) is 1.76. The lowest BCUT2D eigenvalue weighted by Gasteiger charge is -2.27. The summed E-state index contributed by atoms with van der Waals surface area (Å²) in [5.74, 6) is 0.592. The van der Waals surface area contributed by atoms with Crippen LogP contribution in [0, 0.1) is 6.92 Å². The van der Waals surface area contributed by atoms with Gasteiger partial charge in [-0.05, 0) is 19.4 Å². The van der Waals surface area contributed by atoms with Gasteiger partial charge in [0.25, 0.3) is 5.91 Å². The Bertz CT molecular complexity index is 487. The molecule has 2 heterocycles. The predicted octanol–water partition coefficient (Wildman–Crippen LogP) is 1.49. The minimum Gasteiger partial charge on any atom is -0.378 e. The first kappa shape index (κ1) is 15.7. The molecule has 0 aromatic carbocycles. The third-order valence-corrected chi connectivity index (χ3v) is 3.55. The average molecular weight is 292 g/mol. The summed E-state index contributed by atoms with van der Waals surface area (Å²) in [4.78, 5) is 25.1. The van der Waals surface area contributed by atoms with Gasteiger partial charge in [0, 0.05) is 32.4 Å². The number of anilines is 1. The van der Waals surface area contributed by atoms with E-state index in [2.05, 4.69) is 21.8 Å². The van der Waals surface area contributed by atoms with Crippen LogP contribution in [0.3, 0.4) is 0 Å². The van der Waals surface area contributed by atoms with Crippen LogP contribution in [-0.2, 0) is 4.74 Å². The number of hydrogen-bond acceptors (Lipinski definition) is 5. The minimum atomic E-state index is -0.0385. The van der Waals surface area contributed by atoms with Crippen LogP contribution in [0.15, 0.2) is 6.07 Å². The summed E-state index contributed by atoms with van der Waals surface area (Å²) < 4.78 is 5.34. The summed E-state index contributed by atoms with van der Waals surface area (Å²) >= 11 is 0. The fraction of sp³-hybridized carbons (Fsp3) is 0.667. The van der Waals surface area contributed by atoms with E-state index in [1.807, 2.05) is 14.0 Å². The maximum Gasteiger partial charge on any atom is 0.272 e. The first-order valence-electron chi connectivity index (χ1n) is 7.55. The van der Waals surface area contributed by atoms with Gasteiger partial charge >= 0.3 is 0 Å². The number of ether oxygens (including phenoxy) is 1. The van der Waals surface area contributed by atoms with Gasteiger partial charge in [-0.15, -0.1) is 0 Å². The van der Waals surface area contributed by atoms with Gasteiger partial charge in [-0.3, -0.25) is 4.79 Å². The Morgan fingerprint density at radius 3 is 2.76 bits per heavy atom. The molecule has 6 heteroatoms. The molecule has 6 nitrogen and oxygen atoms in total. The van der Waals surface area contributed by atoms with E-state index in [9.17, 15) is 4.79 Å². The average Bonchev–Trinajstić information content (AvgIpc) is 2.52. The second-order valence-electron chi connectivity index (χ2n) is 5.37. The van der Waals surface area contributed by atoms with Gasteiger partial charge in [0.2, 0.25) is 5.95 Å². The predicted molar refractivity (Wildman–Crippen MR) is 81.7 cm³/mol. The molecule has 116 valence electrons. The van der Waals surface area contributed by atoms with Crippen LogP contribution in [0.4, 0.5) is 5.95 Å². The molecule has 1 aliphatic rings. The van der Waals surface area contributed by atoms with Crippen LogP contribution >= 0.6 is 0 Å². The van der Waals surface area contributed by atoms with E-state index in [4.69, 9.17) is 4.74 Å². The molecule has 1 aliphatic heterocycles. The minimum absolute atomic E-state index is 0.0385. The van der Waals surface area contributed by atoms with Crippen molar-refractivity contribution in [3.05, 3.63) is 17.5 Å². The zero-order chi connectivity index (χ0) is 15.2. The van der Waals surface area contributed by atoms with Gasteiger partial charge in [-0.1, -0.05) is 13.3 Å². The molecule has 0 aliphatic carbocycles. The summed E-state index contributed by atoms with van der Waals surface area (Å²) in [6.07, 6.45) is 2.07. The van der Waals surface area contributed by atoms with Crippen molar-refractivity contribution in [2.45, 2.75) is 26.7 Å². The normalized spacial score (nSPS) is 15.1. The van der Waals surface area contributed by atoms with Crippen LogP contribution in [0.2, 0.25) is 0 Å². The number of morpholine rings is 1. The van der Waals surface area contributed by atoms with Crippen LogP contribution in [0.1, 0.15) is 35.9 Å². The van der Waals surface area contributed by atoms with Gasteiger partial charge in [0.05, 0.1) is 13.2 Å². The Morgan fingerprint density at radius 1 is 1.38 bits per heavy atom. The van der Waals surface area contributed by atoms with Crippen molar-refractivity contribution in [2.75, 3.05) is 44.8 Å². The molecule has 0 radical (unpaired) electrons. The number of hydrogen-bond donors (Lipinski definition) is 0. The highest BCUT2D eigenvalue weighted by Gasteiger charge is 2.19. The van der Waals surface area contributed by atoms with Gasteiger partial charge in [0.15, 0.2) is 0 Å². The third-order valence-electron chi connectivity index (χ3n) is 3.55. The second kappa shape index (κ2) is 7.36. The van der Waals surface area contributed by atoms with E-state index in [1.165, 1.54) is 0 Å². The van der Waals surface area contributed by atoms with Gasteiger partial charge < -0.3 is 14.5 Å².